The lowest BCUT2D eigenvalue weighted by atomic mass is 10.1. The molecule has 1 aromatic heterocycles. The van der Waals surface area contributed by atoms with Gasteiger partial charge in [-0.2, -0.15) is 9.40 Å². The van der Waals surface area contributed by atoms with Crippen molar-refractivity contribution in [3.63, 3.8) is 0 Å². The Morgan fingerprint density at radius 1 is 1.10 bits per heavy atom. The molecule has 2 heterocycles. The van der Waals surface area contributed by atoms with Crippen LogP contribution in [0.4, 0.5) is 0 Å². The summed E-state index contributed by atoms with van der Waals surface area (Å²) in [6, 6.07) is 5.31. The lowest BCUT2D eigenvalue weighted by Crippen LogP contribution is -2.55. The highest BCUT2D eigenvalue weighted by molar-refractivity contribution is 7.89. The van der Waals surface area contributed by atoms with Crippen molar-refractivity contribution >= 4 is 33.4 Å². The van der Waals surface area contributed by atoms with Crippen LogP contribution in [-0.2, 0) is 33.1 Å². The quantitative estimate of drug-likeness (QED) is 0.555. The number of piperazine rings is 1. The van der Waals surface area contributed by atoms with Crippen molar-refractivity contribution in [1.82, 2.24) is 19.0 Å². The van der Waals surface area contributed by atoms with Crippen molar-refractivity contribution in [3.8, 4) is 11.5 Å². The third kappa shape index (κ3) is 4.39. The number of carbonyl (C=O) groups excluding carboxylic acids is 2. The molecule has 1 aliphatic heterocycles. The van der Waals surface area contributed by atoms with Gasteiger partial charge in [-0.15, -0.1) is 0 Å². The summed E-state index contributed by atoms with van der Waals surface area (Å²) in [5.41, 5.74) is 1.04. The predicted molar refractivity (Wildman–Crippen MR) is 112 cm³/mol. The van der Waals surface area contributed by atoms with Gasteiger partial charge in [0.1, 0.15) is 10.0 Å². The molecule has 0 N–H and O–H groups in total. The molecule has 0 radical (unpaired) electrons. The maximum atomic E-state index is 13.0. The highest BCUT2D eigenvalue weighted by Gasteiger charge is 2.40. The number of rotatable bonds is 7. The zero-order valence-corrected chi connectivity index (χ0v) is 19.2. The summed E-state index contributed by atoms with van der Waals surface area (Å²) in [5, 5.41) is 3.92. The van der Waals surface area contributed by atoms with Crippen LogP contribution < -0.4 is 9.47 Å². The van der Waals surface area contributed by atoms with Gasteiger partial charge in [0.05, 0.1) is 33.0 Å². The second-order valence-electron chi connectivity index (χ2n) is 6.98. The van der Waals surface area contributed by atoms with E-state index in [0.29, 0.717) is 17.9 Å². The number of imide groups is 1. The Bertz CT molecular complexity index is 1110. The van der Waals surface area contributed by atoms with Crippen LogP contribution in [0.15, 0.2) is 23.1 Å². The van der Waals surface area contributed by atoms with E-state index in [-0.39, 0.29) is 22.3 Å². The number of sulfonamides is 1. The smallest absolute Gasteiger partial charge is 0.248 e. The number of amides is 2. The van der Waals surface area contributed by atoms with Gasteiger partial charge in [0.15, 0.2) is 11.5 Å². The number of benzene rings is 1. The number of hydrogen-bond donors (Lipinski definition) is 0. The fourth-order valence-corrected chi connectivity index (χ4v) is 5.44. The Morgan fingerprint density at radius 3 is 2.23 bits per heavy atom. The summed E-state index contributed by atoms with van der Waals surface area (Å²) in [4.78, 5) is 26.1. The van der Waals surface area contributed by atoms with Gasteiger partial charge in [0.2, 0.25) is 21.8 Å². The van der Waals surface area contributed by atoms with E-state index in [1.807, 2.05) is 6.07 Å². The SMILES string of the molecule is COc1ccc(CCN2C(=O)CN(S(=O)(=O)c3c(C)nn(C)c3Cl)CC2=O)cc1OC. The molecule has 2 amide bonds. The van der Waals surface area contributed by atoms with Crippen molar-refractivity contribution in [2.24, 2.45) is 7.05 Å². The molecular formula is C19H23ClN4O6S. The maximum absolute atomic E-state index is 13.0. The maximum Gasteiger partial charge on any atom is 0.248 e. The molecule has 31 heavy (non-hydrogen) atoms. The van der Waals surface area contributed by atoms with Gasteiger partial charge in [0, 0.05) is 13.6 Å². The Balaban J connectivity index is 1.73. The van der Waals surface area contributed by atoms with E-state index in [1.165, 1.54) is 32.9 Å². The van der Waals surface area contributed by atoms with E-state index >= 15 is 0 Å². The van der Waals surface area contributed by atoms with Crippen molar-refractivity contribution in [3.05, 3.63) is 34.6 Å². The fraction of sp³-hybridized carbons (Fsp3) is 0.421. The molecule has 12 heteroatoms. The number of methoxy groups -OCH3 is 2. The molecule has 1 aliphatic rings. The predicted octanol–water partition coefficient (Wildman–Crippen LogP) is 1.00. The summed E-state index contributed by atoms with van der Waals surface area (Å²) < 4.78 is 38.5. The van der Waals surface area contributed by atoms with E-state index < -0.39 is 34.9 Å². The highest BCUT2D eigenvalue weighted by Crippen LogP contribution is 2.29. The molecule has 3 rings (SSSR count). The first kappa shape index (κ1) is 23.0. The minimum absolute atomic E-state index is 0.0757. The molecule has 0 saturated carbocycles. The molecule has 0 aliphatic carbocycles. The summed E-state index contributed by atoms with van der Waals surface area (Å²) in [6.07, 6.45) is 0.387. The van der Waals surface area contributed by atoms with Crippen LogP contribution >= 0.6 is 11.6 Å². The average Bonchev–Trinajstić information content (AvgIpc) is 2.98. The standard InChI is InChI=1S/C19H23ClN4O6S/c1-12-18(19(20)22(2)21-12)31(27,28)23-10-16(25)24(17(26)11-23)8-7-13-5-6-14(29-3)15(9-13)30-4/h5-6,9H,7-8,10-11H2,1-4H3. The Labute approximate surface area is 185 Å². The third-order valence-electron chi connectivity index (χ3n) is 5.00. The largest absolute Gasteiger partial charge is 0.493 e. The van der Waals surface area contributed by atoms with Crippen molar-refractivity contribution in [2.45, 2.75) is 18.2 Å². The monoisotopic (exact) mass is 470 g/mol. The van der Waals surface area contributed by atoms with Gasteiger partial charge in [-0.05, 0) is 31.0 Å². The fourth-order valence-electron chi connectivity index (χ4n) is 3.40. The van der Waals surface area contributed by atoms with Gasteiger partial charge < -0.3 is 9.47 Å². The number of nitrogens with zero attached hydrogens (tertiary/aromatic N) is 4. The number of aryl methyl sites for hydroxylation is 2. The molecular weight excluding hydrogens is 448 g/mol. The Morgan fingerprint density at radius 2 is 1.71 bits per heavy atom. The van der Waals surface area contributed by atoms with Crippen LogP contribution in [-0.4, -0.2) is 73.1 Å². The molecule has 10 nitrogen and oxygen atoms in total. The minimum atomic E-state index is -4.16. The first-order valence-corrected chi connectivity index (χ1v) is 11.1. The molecule has 1 aromatic carbocycles. The molecule has 0 unspecified atom stereocenters. The summed E-state index contributed by atoms with van der Waals surface area (Å²) in [5.74, 6) is -0.0881. The number of aromatic nitrogens is 2. The first-order chi connectivity index (χ1) is 14.6. The van der Waals surface area contributed by atoms with Gasteiger partial charge in [-0.1, -0.05) is 17.7 Å². The second-order valence-corrected chi connectivity index (χ2v) is 9.21. The van der Waals surface area contributed by atoms with E-state index in [4.69, 9.17) is 21.1 Å². The van der Waals surface area contributed by atoms with Gasteiger partial charge >= 0.3 is 0 Å². The summed E-state index contributed by atoms with van der Waals surface area (Å²) in [7, 11) is 0.403. The van der Waals surface area contributed by atoms with Crippen molar-refractivity contribution < 1.29 is 27.5 Å². The van der Waals surface area contributed by atoms with E-state index in [0.717, 1.165) is 14.8 Å². The molecule has 2 aromatic rings. The average molecular weight is 471 g/mol. The molecule has 1 fully saturated rings. The molecule has 168 valence electrons. The van der Waals surface area contributed by atoms with Crippen LogP contribution in [0.2, 0.25) is 5.15 Å². The van der Waals surface area contributed by atoms with Crippen LogP contribution in [0.3, 0.4) is 0 Å². The minimum Gasteiger partial charge on any atom is -0.493 e. The molecule has 0 bridgehead atoms. The molecule has 1 saturated heterocycles. The van der Waals surface area contributed by atoms with Gasteiger partial charge in [0.25, 0.3) is 0 Å². The lowest BCUT2D eigenvalue weighted by Gasteiger charge is -2.32. The number of hydrogen-bond acceptors (Lipinski definition) is 7. The van der Waals surface area contributed by atoms with Gasteiger partial charge in [-0.25, -0.2) is 8.42 Å². The second kappa shape index (κ2) is 8.85. The molecule has 0 atom stereocenters. The zero-order valence-electron chi connectivity index (χ0n) is 17.6. The third-order valence-corrected chi connectivity index (χ3v) is 7.48. The highest BCUT2D eigenvalue weighted by atomic mass is 35.5. The van der Waals surface area contributed by atoms with Crippen LogP contribution in [0.1, 0.15) is 11.3 Å². The van der Waals surface area contributed by atoms with E-state index in [9.17, 15) is 18.0 Å². The van der Waals surface area contributed by atoms with Crippen LogP contribution in [0, 0.1) is 6.92 Å². The number of halogens is 1. The summed E-state index contributed by atoms with van der Waals surface area (Å²) >= 11 is 6.08. The van der Waals surface area contributed by atoms with Gasteiger partial charge in [-0.3, -0.25) is 19.2 Å². The normalized spacial score (nSPS) is 15.5. The van der Waals surface area contributed by atoms with Crippen LogP contribution in [0.5, 0.6) is 11.5 Å². The number of carbonyl (C=O) groups is 2. The van der Waals surface area contributed by atoms with E-state index in [2.05, 4.69) is 5.10 Å². The van der Waals surface area contributed by atoms with Crippen molar-refractivity contribution in [2.75, 3.05) is 33.9 Å². The molecule has 0 spiro atoms. The first-order valence-electron chi connectivity index (χ1n) is 9.33. The zero-order chi connectivity index (χ0) is 22.9. The Kier molecular flexibility index (Phi) is 6.58. The lowest BCUT2D eigenvalue weighted by molar-refractivity contribution is -0.149. The van der Waals surface area contributed by atoms with Crippen LogP contribution in [0.25, 0.3) is 0 Å². The summed E-state index contributed by atoms with van der Waals surface area (Å²) in [6.45, 7) is 0.713. The Hall–Kier alpha value is -2.63. The number of ether oxygens (including phenoxy) is 2. The van der Waals surface area contributed by atoms with E-state index in [1.54, 1.807) is 12.1 Å². The van der Waals surface area contributed by atoms with Crippen molar-refractivity contribution in [1.29, 1.82) is 0 Å². The topological polar surface area (TPSA) is 111 Å².